The monoisotopic (exact) mass is 541 g/mol. The summed E-state index contributed by atoms with van der Waals surface area (Å²) in [6.07, 6.45) is 4.07. The van der Waals surface area contributed by atoms with Crippen LogP contribution in [0.5, 0.6) is 0 Å². The van der Waals surface area contributed by atoms with Crippen LogP contribution in [0.4, 0.5) is 4.79 Å². The molecule has 3 aliphatic rings. The molecule has 0 N–H and O–H groups in total. The number of piperidine rings is 3. The Morgan fingerprint density at radius 3 is 1.79 bits per heavy atom. The van der Waals surface area contributed by atoms with E-state index in [0.717, 1.165) is 37.7 Å². The molecule has 1 aromatic carbocycles. The van der Waals surface area contributed by atoms with E-state index in [1.54, 1.807) is 9.80 Å². The highest BCUT2D eigenvalue weighted by Gasteiger charge is 2.38. The molecule has 39 heavy (non-hydrogen) atoms. The van der Waals surface area contributed by atoms with Crippen molar-refractivity contribution in [2.75, 3.05) is 39.3 Å². The van der Waals surface area contributed by atoms with Gasteiger partial charge >= 0.3 is 12.1 Å². The van der Waals surface area contributed by atoms with Crippen LogP contribution < -0.4 is 0 Å². The molecule has 0 spiro atoms. The van der Waals surface area contributed by atoms with Gasteiger partial charge in [-0.1, -0.05) is 30.3 Å². The predicted octanol–water partition coefficient (Wildman–Crippen LogP) is 3.85. The molecule has 0 aliphatic carbocycles. The molecule has 0 bridgehead atoms. The summed E-state index contributed by atoms with van der Waals surface area (Å²) in [5.41, 5.74) is 0.356. The van der Waals surface area contributed by atoms with Gasteiger partial charge < -0.3 is 24.2 Å². The van der Waals surface area contributed by atoms with E-state index in [4.69, 9.17) is 9.47 Å². The van der Waals surface area contributed by atoms with Gasteiger partial charge in [-0.05, 0) is 64.9 Å². The Bertz CT molecular complexity index is 1020. The Morgan fingerprint density at radius 1 is 0.744 bits per heavy atom. The minimum atomic E-state index is -0.583. The molecular weight excluding hydrogens is 498 g/mol. The second-order valence-corrected chi connectivity index (χ2v) is 12.1. The van der Waals surface area contributed by atoms with Crippen molar-refractivity contribution < 1.29 is 28.7 Å². The van der Waals surface area contributed by atoms with Crippen LogP contribution in [0.1, 0.15) is 64.9 Å². The fourth-order valence-electron chi connectivity index (χ4n) is 5.78. The molecule has 0 aromatic heterocycles. The van der Waals surface area contributed by atoms with E-state index in [9.17, 15) is 19.2 Å². The highest BCUT2D eigenvalue weighted by molar-refractivity contribution is 5.84. The van der Waals surface area contributed by atoms with Gasteiger partial charge in [-0.3, -0.25) is 14.4 Å². The molecule has 1 aromatic rings. The first kappa shape index (κ1) is 28.9. The summed E-state index contributed by atoms with van der Waals surface area (Å²) in [4.78, 5) is 57.5. The molecule has 3 fully saturated rings. The van der Waals surface area contributed by atoms with Gasteiger partial charge in [-0.2, -0.15) is 0 Å². The third kappa shape index (κ3) is 7.96. The van der Waals surface area contributed by atoms with E-state index in [2.05, 4.69) is 0 Å². The first-order valence-electron chi connectivity index (χ1n) is 14.4. The number of amides is 3. The first-order valence-corrected chi connectivity index (χ1v) is 14.4. The van der Waals surface area contributed by atoms with Crippen molar-refractivity contribution in [3.8, 4) is 0 Å². The molecule has 9 nitrogen and oxygen atoms in total. The van der Waals surface area contributed by atoms with Crippen LogP contribution in [0, 0.1) is 17.8 Å². The fourth-order valence-corrected chi connectivity index (χ4v) is 5.78. The topological polar surface area (TPSA) is 96.5 Å². The third-order valence-corrected chi connectivity index (χ3v) is 7.79. The van der Waals surface area contributed by atoms with Crippen LogP contribution in [0.3, 0.4) is 0 Å². The summed E-state index contributed by atoms with van der Waals surface area (Å²) < 4.78 is 11.1. The molecule has 0 radical (unpaired) electrons. The number of carbonyl (C=O) groups is 4. The van der Waals surface area contributed by atoms with Crippen molar-refractivity contribution in [3.63, 3.8) is 0 Å². The number of ether oxygens (including phenoxy) is 2. The maximum Gasteiger partial charge on any atom is 0.410 e. The predicted molar refractivity (Wildman–Crippen MR) is 145 cm³/mol. The number of nitrogens with zero attached hydrogens (tertiary/aromatic N) is 3. The van der Waals surface area contributed by atoms with E-state index in [1.807, 2.05) is 56.0 Å². The second-order valence-electron chi connectivity index (χ2n) is 12.1. The molecule has 3 saturated heterocycles. The van der Waals surface area contributed by atoms with Crippen molar-refractivity contribution in [3.05, 3.63) is 35.9 Å². The van der Waals surface area contributed by atoms with Crippen molar-refractivity contribution in [2.24, 2.45) is 17.8 Å². The normalized spacial score (nSPS) is 24.2. The zero-order valence-corrected chi connectivity index (χ0v) is 23.6. The number of benzene rings is 1. The highest BCUT2D eigenvalue weighted by Crippen LogP contribution is 2.27. The summed E-state index contributed by atoms with van der Waals surface area (Å²) in [6, 6.07) is 9.58. The first-order chi connectivity index (χ1) is 18.6. The molecule has 4 rings (SSSR count). The lowest BCUT2D eigenvalue weighted by Gasteiger charge is -2.40. The Hall–Kier alpha value is -3.10. The van der Waals surface area contributed by atoms with Crippen molar-refractivity contribution in [1.82, 2.24) is 14.7 Å². The Morgan fingerprint density at radius 2 is 1.23 bits per heavy atom. The molecule has 0 saturated carbocycles. The van der Waals surface area contributed by atoms with Gasteiger partial charge in [0.25, 0.3) is 0 Å². The fraction of sp³-hybridized carbons (Fsp3) is 0.667. The zero-order valence-electron chi connectivity index (χ0n) is 23.6. The number of hydrogen-bond acceptors (Lipinski definition) is 6. The highest BCUT2D eigenvalue weighted by atomic mass is 16.6. The van der Waals surface area contributed by atoms with Gasteiger partial charge in [0.05, 0.1) is 17.8 Å². The molecule has 3 heterocycles. The molecule has 214 valence electrons. The average molecular weight is 542 g/mol. The van der Waals surface area contributed by atoms with E-state index < -0.39 is 5.60 Å². The zero-order chi connectivity index (χ0) is 28.0. The molecular formula is C30H43N3O6. The van der Waals surface area contributed by atoms with Crippen molar-refractivity contribution >= 4 is 23.9 Å². The maximum atomic E-state index is 13.5. The Labute approximate surface area is 231 Å². The molecule has 9 heteroatoms. The minimum absolute atomic E-state index is 0.0155. The number of hydrogen-bond donors (Lipinski definition) is 0. The lowest BCUT2D eigenvalue weighted by molar-refractivity contribution is -0.154. The number of carbonyl (C=O) groups excluding carboxylic acids is 4. The van der Waals surface area contributed by atoms with Crippen LogP contribution in [0.25, 0.3) is 0 Å². The van der Waals surface area contributed by atoms with Gasteiger partial charge in [0.2, 0.25) is 11.8 Å². The van der Waals surface area contributed by atoms with Crippen LogP contribution in [0.2, 0.25) is 0 Å². The van der Waals surface area contributed by atoms with E-state index in [-0.39, 0.29) is 48.2 Å². The molecule has 3 unspecified atom stereocenters. The van der Waals surface area contributed by atoms with E-state index in [1.165, 1.54) is 0 Å². The van der Waals surface area contributed by atoms with Crippen LogP contribution >= 0.6 is 0 Å². The van der Waals surface area contributed by atoms with Crippen molar-refractivity contribution in [2.45, 2.75) is 71.5 Å². The summed E-state index contributed by atoms with van der Waals surface area (Å²) in [7, 11) is 0. The van der Waals surface area contributed by atoms with Gasteiger partial charge in [0, 0.05) is 39.3 Å². The summed E-state index contributed by atoms with van der Waals surface area (Å²) >= 11 is 0. The van der Waals surface area contributed by atoms with E-state index in [0.29, 0.717) is 45.7 Å². The summed E-state index contributed by atoms with van der Waals surface area (Å²) in [5.74, 6) is -1.10. The molecule has 3 amide bonds. The van der Waals surface area contributed by atoms with Crippen LogP contribution in [-0.2, 0) is 30.5 Å². The summed E-state index contributed by atoms with van der Waals surface area (Å²) in [5, 5.41) is 0. The smallest absolute Gasteiger partial charge is 0.410 e. The van der Waals surface area contributed by atoms with Crippen molar-refractivity contribution in [1.29, 1.82) is 0 Å². The largest absolute Gasteiger partial charge is 0.461 e. The lowest BCUT2D eigenvalue weighted by Crippen LogP contribution is -2.53. The standard InChI is InChI=1S/C30H43N3O6/c1-30(2,3)39-29(37)33-17-8-13-24(19-33)27(35)31-15-7-12-23(18-31)26(34)32-16-9-14-25(20-32)28(36)38-21-22-10-5-4-6-11-22/h4-6,10-11,23-25H,7-9,12-21H2,1-3H3. The number of likely N-dealkylation sites (tertiary alicyclic amines) is 3. The lowest BCUT2D eigenvalue weighted by atomic mass is 9.91. The molecule has 3 aliphatic heterocycles. The summed E-state index contributed by atoms with van der Waals surface area (Å²) in [6.45, 7) is 8.67. The van der Waals surface area contributed by atoms with Crippen LogP contribution in [0.15, 0.2) is 30.3 Å². The number of rotatable bonds is 5. The Kier molecular flexibility index (Phi) is 9.51. The second kappa shape index (κ2) is 12.8. The van der Waals surface area contributed by atoms with Gasteiger partial charge in [-0.15, -0.1) is 0 Å². The number of esters is 1. The van der Waals surface area contributed by atoms with Gasteiger partial charge in [0.15, 0.2) is 0 Å². The van der Waals surface area contributed by atoms with Crippen LogP contribution in [-0.4, -0.2) is 83.4 Å². The van der Waals surface area contributed by atoms with E-state index >= 15 is 0 Å². The SMILES string of the molecule is CC(C)(C)OC(=O)N1CCCC(C(=O)N2CCCC(C(=O)N3CCCC(C(=O)OCc4ccccc4)C3)C2)C1. The third-order valence-electron chi connectivity index (χ3n) is 7.79. The maximum absolute atomic E-state index is 13.5. The van der Waals surface area contributed by atoms with Gasteiger partial charge in [-0.25, -0.2) is 4.79 Å². The van der Waals surface area contributed by atoms with Gasteiger partial charge in [0.1, 0.15) is 12.2 Å². The molecule has 3 atom stereocenters. The minimum Gasteiger partial charge on any atom is -0.461 e. The average Bonchev–Trinajstić information content (AvgIpc) is 2.95. The quantitative estimate of drug-likeness (QED) is 0.526. The Balaban J connectivity index is 1.29.